The summed E-state index contributed by atoms with van der Waals surface area (Å²) in [5.41, 5.74) is -24.5. The van der Waals surface area contributed by atoms with Gasteiger partial charge >= 0.3 is 49.4 Å². The highest BCUT2D eigenvalue weighted by atomic mass is 19.4. The molecule has 0 amide bonds. The molecular weight excluding hydrogens is 1130 g/mol. The number of nitrogens with zero attached hydrogens (tertiary/aromatic N) is 1. The number of Topliss-reactive ketones (excluding diaryl/α,β-unsaturated/α-hetero) is 1. The van der Waals surface area contributed by atoms with Gasteiger partial charge in [0.05, 0.1) is 44.5 Å². The maximum Gasteiger partial charge on any atom is 0.416 e. The molecule has 6 aromatic carbocycles. The van der Waals surface area contributed by atoms with E-state index >= 15 is 0 Å². The zero-order chi connectivity index (χ0) is 60.1. The molecule has 80 heavy (non-hydrogen) atoms. The molecule has 2 nitrogen and oxygen atoms in total. The molecular formula is C53H32BF24NO. The van der Waals surface area contributed by atoms with Crippen molar-refractivity contribution < 1.29 is 115 Å². The van der Waals surface area contributed by atoms with Crippen LogP contribution in [0.1, 0.15) is 66.0 Å². The number of benzene rings is 6. The molecule has 0 saturated carbocycles. The molecule has 1 heterocycles. The van der Waals surface area contributed by atoms with Gasteiger partial charge in [-0.05, 0) is 54.8 Å². The van der Waals surface area contributed by atoms with E-state index in [2.05, 4.69) is 44.2 Å². The van der Waals surface area contributed by atoms with E-state index in [0.717, 1.165) is 5.56 Å². The molecule has 0 spiro atoms. The first-order valence-corrected chi connectivity index (χ1v) is 22.4. The molecule has 1 aromatic heterocycles. The van der Waals surface area contributed by atoms with E-state index in [-0.39, 0.29) is 5.78 Å². The average Bonchev–Trinajstić information content (AvgIpc) is 3.34. The summed E-state index contributed by atoms with van der Waals surface area (Å²) in [6.45, 7) is 4.58. The maximum atomic E-state index is 14.2. The Morgan fingerprint density at radius 2 is 0.637 bits per heavy atom. The SMILES string of the molecule is Cc1ccc(C)c(-c2cc[n+](CC(=O)c3ccccc3)cc2)c1.FC(F)(F)c1cc([B-](c2cc(C(F)(F)F)cc(C(F)(F)F)c2)(c2cc(C(F)(F)F)cc(C(F)(F)F)c2)c2cc(C(F)(F)F)cc(C(F)(F)F)c2)cc(C(F)(F)F)c1. The lowest BCUT2D eigenvalue weighted by molar-refractivity contribution is -0.683. The van der Waals surface area contributed by atoms with Crippen LogP contribution in [0.2, 0.25) is 0 Å². The molecule has 7 aromatic rings. The van der Waals surface area contributed by atoms with Crippen LogP contribution in [-0.4, -0.2) is 11.9 Å². The second-order valence-electron chi connectivity index (χ2n) is 18.1. The third-order valence-electron chi connectivity index (χ3n) is 12.5. The highest BCUT2D eigenvalue weighted by Gasteiger charge is 2.47. The third-order valence-corrected chi connectivity index (χ3v) is 12.5. The quantitative estimate of drug-likeness (QED) is 0.0643. The lowest BCUT2D eigenvalue weighted by Crippen LogP contribution is -2.75. The van der Waals surface area contributed by atoms with Crippen LogP contribution in [-0.2, 0) is 56.0 Å². The molecule has 426 valence electrons. The summed E-state index contributed by atoms with van der Waals surface area (Å²) in [4.78, 5) is 12.2. The van der Waals surface area contributed by atoms with Gasteiger partial charge in [0, 0.05) is 17.7 Å². The zero-order valence-electron chi connectivity index (χ0n) is 40.1. The molecule has 27 heteroatoms. The summed E-state index contributed by atoms with van der Waals surface area (Å²) in [7, 11) is 0. The van der Waals surface area contributed by atoms with Crippen molar-refractivity contribution in [1.29, 1.82) is 0 Å². The Morgan fingerprint density at radius 1 is 0.362 bits per heavy atom. The largest absolute Gasteiger partial charge is 0.416 e. The molecule has 0 radical (unpaired) electrons. The molecule has 0 fully saturated rings. The average molecular weight is 1170 g/mol. The predicted molar refractivity (Wildman–Crippen MR) is 242 cm³/mol. The van der Waals surface area contributed by atoms with Gasteiger partial charge in [-0.1, -0.05) is 103 Å². The number of carbonyl (C=O) groups is 1. The van der Waals surface area contributed by atoms with Gasteiger partial charge in [0.25, 0.3) is 0 Å². The van der Waals surface area contributed by atoms with E-state index in [4.69, 9.17) is 0 Å². The van der Waals surface area contributed by atoms with E-state index < -0.39 is 195 Å². The minimum atomic E-state index is -6.13. The van der Waals surface area contributed by atoms with Crippen molar-refractivity contribution in [3.8, 4) is 11.1 Å². The van der Waals surface area contributed by atoms with E-state index in [9.17, 15) is 110 Å². The van der Waals surface area contributed by atoms with Gasteiger partial charge < -0.3 is 0 Å². The second-order valence-corrected chi connectivity index (χ2v) is 18.1. The van der Waals surface area contributed by atoms with Crippen LogP contribution in [0.5, 0.6) is 0 Å². The summed E-state index contributed by atoms with van der Waals surface area (Å²) in [5.74, 6) is 0.120. The lowest BCUT2D eigenvalue weighted by atomic mass is 9.12. The summed E-state index contributed by atoms with van der Waals surface area (Å²) < 4.78 is 343. The van der Waals surface area contributed by atoms with Gasteiger partial charge in [-0.2, -0.15) is 132 Å². The fraction of sp³-hybridized carbons (Fsp3) is 0.208. The second kappa shape index (κ2) is 21.5. The Kier molecular flexibility index (Phi) is 16.6. The van der Waals surface area contributed by atoms with Crippen LogP contribution in [0, 0.1) is 13.8 Å². The minimum absolute atomic E-state index is 0.120. The smallest absolute Gasteiger partial charge is 0.287 e. The maximum absolute atomic E-state index is 14.2. The number of carbonyl (C=O) groups excluding carboxylic acids is 1. The Bertz CT molecular complexity index is 2940. The number of pyridine rings is 1. The van der Waals surface area contributed by atoms with Gasteiger partial charge in [-0.15, -0.1) is 0 Å². The number of hydrogen-bond donors (Lipinski definition) is 0. The van der Waals surface area contributed by atoms with Gasteiger partial charge in [-0.25, -0.2) is 0 Å². The topological polar surface area (TPSA) is 20.9 Å². The van der Waals surface area contributed by atoms with Crippen molar-refractivity contribution in [3.63, 3.8) is 0 Å². The van der Waals surface area contributed by atoms with E-state index in [1.807, 2.05) is 47.3 Å². The Morgan fingerprint density at radius 3 is 0.900 bits per heavy atom. The molecule has 0 bridgehead atoms. The minimum Gasteiger partial charge on any atom is -0.287 e. The fourth-order valence-corrected chi connectivity index (χ4v) is 8.74. The predicted octanol–water partition coefficient (Wildman–Crippen LogP) is 15.4. The molecule has 7 rings (SSSR count). The first-order valence-electron chi connectivity index (χ1n) is 22.4. The number of ketones is 1. The van der Waals surface area contributed by atoms with Crippen LogP contribution in [0.4, 0.5) is 105 Å². The molecule has 0 saturated heterocycles. The van der Waals surface area contributed by atoms with Crippen LogP contribution in [0.15, 0.2) is 146 Å². The van der Waals surface area contributed by atoms with Crippen molar-refractivity contribution in [2.75, 3.05) is 0 Å². The number of rotatable bonds is 8. The molecule has 0 aliphatic rings. The number of hydrogen-bond acceptors (Lipinski definition) is 1. The fourth-order valence-electron chi connectivity index (χ4n) is 8.74. The van der Waals surface area contributed by atoms with E-state index in [1.54, 1.807) is 0 Å². The Labute approximate surface area is 435 Å². The normalized spacial score (nSPS) is 13.2. The molecule has 0 aliphatic heterocycles. The molecule has 0 atom stereocenters. The van der Waals surface area contributed by atoms with Crippen molar-refractivity contribution in [2.45, 2.75) is 69.8 Å². The molecule has 0 unspecified atom stereocenters. The van der Waals surface area contributed by atoms with Crippen LogP contribution in [0.25, 0.3) is 11.1 Å². The number of halogens is 24. The number of aromatic nitrogens is 1. The van der Waals surface area contributed by atoms with Crippen LogP contribution in [0.3, 0.4) is 0 Å². The highest BCUT2D eigenvalue weighted by Crippen LogP contribution is 2.41. The van der Waals surface area contributed by atoms with E-state index in [1.165, 1.54) is 22.3 Å². The van der Waals surface area contributed by atoms with Gasteiger partial charge in [0.2, 0.25) is 12.3 Å². The van der Waals surface area contributed by atoms with Gasteiger partial charge in [0.1, 0.15) is 6.15 Å². The summed E-state index contributed by atoms with van der Waals surface area (Å²) in [6.07, 6.45) is -50.9. The van der Waals surface area contributed by atoms with Crippen molar-refractivity contribution in [2.24, 2.45) is 0 Å². The zero-order valence-corrected chi connectivity index (χ0v) is 40.1. The number of aryl methyl sites for hydroxylation is 2. The summed E-state index contributed by atoms with van der Waals surface area (Å²) >= 11 is 0. The third kappa shape index (κ3) is 14.1. The standard InChI is InChI=1S/C32H12BF24.C21H20NO/c34-25(35,36)13-1-14(26(37,38)39)6-21(5-13)33(22-7-15(27(40,41)42)2-16(8-22)28(43,44)45,23-9-17(29(46,47)48)3-18(10-23)30(49,50)51)24-11-19(31(52,53)54)4-20(12-24)32(55,56)57;1-16-8-9-17(2)20(14-16)18-10-12-22(13-11-18)15-21(23)19-6-4-3-5-7-19/h1-12H;3-14H,15H2,1-2H3/q-1;+1. The lowest BCUT2D eigenvalue weighted by Gasteiger charge is -2.46. The van der Waals surface area contributed by atoms with Gasteiger partial charge in [-0.3, -0.25) is 4.79 Å². The van der Waals surface area contributed by atoms with Crippen molar-refractivity contribution in [3.05, 3.63) is 207 Å². The summed E-state index contributed by atoms with van der Waals surface area (Å²) in [5, 5.41) is 0. The first-order chi connectivity index (χ1) is 36.4. The number of alkyl halides is 24. The highest BCUT2D eigenvalue weighted by molar-refractivity contribution is 7.20. The van der Waals surface area contributed by atoms with Crippen molar-refractivity contribution in [1.82, 2.24) is 0 Å². The summed E-state index contributed by atoms with van der Waals surface area (Å²) in [6, 6.07) is 11.2. The van der Waals surface area contributed by atoms with Crippen LogP contribution >= 0.6 is 0 Å². The first kappa shape index (κ1) is 61.7. The molecule has 0 N–H and O–H groups in total. The van der Waals surface area contributed by atoms with Crippen LogP contribution < -0.4 is 26.4 Å². The Hall–Kier alpha value is -7.48. The van der Waals surface area contributed by atoms with E-state index in [0.29, 0.717) is 6.54 Å². The molecule has 0 aliphatic carbocycles. The van der Waals surface area contributed by atoms with Gasteiger partial charge in [0.15, 0.2) is 12.4 Å². The van der Waals surface area contributed by atoms with Crippen molar-refractivity contribution >= 4 is 33.8 Å². The Balaban J connectivity index is 0.000000370. The monoisotopic (exact) mass is 1170 g/mol.